The van der Waals surface area contributed by atoms with Crippen molar-refractivity contribution in [3.63, 3.8) is 0 Å². The molecule has 5 rings (SSSR count). The van der Waals surface area contributed by atoms with E-state index in [-0.39, 0.29) is 24.6 Å². The van der Waals surface area contributed by atoms with Gasteiger partial charge in [-0.05, 0) is 36.8 Å². The number of hydrogen-bond donors (Lipinski definition) is 3. The van der Waals surface area contributed by atoms with Crippen molar-refractivity contribution in [3.8, 4) is 11.5 Å². The van der Waals surface area contributed by atoms with Gasteiger partial charge in [0, 0.05) is 5.56 Å². The number of hydrogen-bond acceptors (Lipinski definition) is 6. The van der Waals surface area contributed by atoms with Crippen LogP contribution in [0.1, 0.15) is 38.6 Å². The largest absolute Gasteiger partial charge is 0.454 e. The number of amides is 2. The first kappa shape index (κ1) is 19.1. The quantitative estimate of drug-likeness (QED) is 0.439. The summed E-state index contributed by atoms with van der Waals surface area (Å²) < 4.78 is 11.3. The number of nitrogens with one attached hydrogen (secondary N) is 3. The molecule has 2 aromatic carbocycles. The maximum atomic E-state index is 12.7. The molecule has 0 saturated heterocycles. The van der Waals surface area contributed by atoms with E-state index in [1.165, 1.54) is 11.3 Å². The number of fused-ring (bicyclic) bond motifs is 2. The van der Waals surface area contributed by atoms with Gasteiger partial charge in [-0.3, -0.25) is 14.7 Å². The molecule has 0 radical (unpaired) electrons. The zero-order chi connectivity index (χ0) is 21.4. The summed E-state index contributed by atoms with van der Waals surface area (Å²) in [5, 5.41) is 12.8. The Morgan fingerprint density at radius 1 is 1.06 bits per heavy atom. The molecule has 0 unspecified atom stereocenters. The highest BCUT2D eigenvalue weighted by Crippen LogP contribution is 2.34. The average Bonchev–Trinajstić information content (AvgIpc) is 3.50. The number of benzene rings is 2. The molecule has 31 heavy (non-hydrogen) atoms. The lowest BCUT2D eigenvalue weighted by Crippen LogP contribution is -2.25. The first-order valence-corrected chi connectivity index (χ1v) is 10.4. The number of thiophene rings is 1. The molecular weight excluding hydrogens is 416 g/mol. The fourth-order valence-corrected chi connectivity index (χ4v) is 4.28. The van der Waals surface area contributed by atoms with Crippen molar-refractivity contribution in [3.05, 3.63) is 70.6 Å². The van der Waals surface area contributed by atoms with Crippen molar-refractivity contribution >= 4 is 39.2 Å². The van der Waals surface area contributed by atoms with Crippen molar-refractivity contribution < 1.29 is 19.1 Å². The topological polar surface area (TPSA) is 105 Å². The first-order valence-electron chi connectivity index (χ1n) is 9.63. The number of aromatic amines is 1. The van der Waals surface area contributed by atoms with Gasteiger partial charge in [-0.15, -0.1) is 11.3 Å². The minimum Gasteiger partial charge on any atom is -0.454 e. The molecule has 0 bridgehead atoms. The van der Waals surface area contributed by atoms with E-state index in [4.69, 9.17) is 9.47 Å². The molecule has 156 valence electrons. The zero-order valence-electron chi connectivity index (χ0n) is 16.5. The maximum absolute atomic E-state index is 12.7. The van der Waals surface area contributed by atoms with E-state index in [0.29, 0.717) is 38.0 Å². The summed E-state index contributed by atoms with van der Waals surface area (Å²) >= 11 is 1.27. The normalized spacial score (nSPS) is 13.2. The summed E-state index contributed by atoms with van der Waals surface area (Å²) in [4.78, 5) is 25.9. The van der Waals surface area contributed by atoms with Crippen LogP contribution >= 0.6 is 11.3 Å². The van der Waals surface area contributed by atoms with Crippen LogP contribution in [-0.2, 0) is 0 Å². The van der Waals surface area contributed by atoms with Crippen LogP contribution in [0.5, 0.6) is 11.5 Å². The summed E-state index contributed by atoms with van der Waals surface area (Å²) in [6.45, 7) is 2.08. The molecule has 0 saturated carbocycles. The van der Waals surface area contributed by atoms with Crippen LogP contribution in [0.2, 0.25) is 0 Å². The summed E-state index contributed by atoms with van der Waals surface area (Å²) in [6, 6.07) is 16.3. The number of nitrogens with zero attached hydrogens (tertiary/aromatic N) is 1. The molecule has 1 aliphatic rings. The minimum absolute atomic E-state index is 0.127. The highest BCUT2D eigenvalue weighted by Gasteiger charge is 2.20. The molecule has 0 fully saturated rings. The second-order valence-corrected chi connectivity index (χ2v) is 8.11. The van der Waals surface area contributed by atoms with Crippen molar-refractivity contribution in [1.82, 2.24) is 15.5 Å². The Labute approximate surface area is 181 Å². The van der Waals surface area contributed by atoms with Gasteiger partial charge in [0.1, 0.15) is 0 Å². The van der Waals surface area contributed by atoms with E-state index < -0.39 is 0 Å². The number of H-pyrrole nitrogens is 1. The molecule has 2 aromatic heterocycles. The molecule has 1 aliphatic heterocycles. The van der Waals surface area contributed by atoms with E-state index >= 15 is 0 Å². The maximum Gasteiger partial charge on any atom is 0.261 e. The van der Waals surface area contributed by atoms with Gasteiger partial charge in [-0.25, -0.2) is 0 Å². The second-order valence-electron chi connectivity index (χ2n) is 7.05. The Kier molecular flexibility index (Phi) is 4.79. The highest BCUT2D eigenvalue weighted by molar-refractivity contribution is 7.21. The smallest absolute Gasteiger partial charge is 0.261 e. The first-order chi connectivity index (χ1) is 15.1. The molecule has 2 amide bonds. The third kappa shape index (κ3) is 3.71. The third-order valence-electron chi connectivity index (χ3n) is 4.97. The van der Waals surface area contributed by atoms with Crippen LogP contribution in [0.3, 0.4) is 0 Å². The fourth-order valence-electron chi connectivity index (χ4n) is 3.32. The van der Waals surface area contributed by atoms with Gasteiger partial charge in [-0.1, -0.05) is 30.3 Å². The molecular formula is C22H18N4O4S. The van der Waals surface area contributed by atoms with E-state index in [2.05, 4.69) is 20.8 Å². The summed E-state index contributed by atoms with van der Waals surface area (Å²) in [7, 11) is 0. The molecule has 8 nitrogen and oxygen atoms in total. The Morgan fingerprint density at radius 3 is 2.71 bits per heavy atom. The predicted octanol–water partition coefficient (Wildman–Crippen LogP) is 4.10. The van der Waals surface area contributed by atoms with E-state index in [9.17, 15) is 9.59 Å². The van der Waals surface area contributed by atoms with Crippen LogP contribution in [-0.4, -0.2) is 28.8 Å². The lowest BCUT2D eigenvalue weighted by Gasteiger charge is -2.13. The van der Waals surface area contributed by atoms with Crippen LogP contribution < -0.4 is 20.1 Å². The molecule has 3 heterocycles. The Hall–Kier alpha value is -3.85. The van der Waals surface area contributed by atoms with Gasteiger partial charge in [-0.2, -0.15) is 5.10 Å². The lowest BCUT2D eigenvalue weighted by molar-refractivity contribution is 0.0943. The molecule has 3 N–H and O–H groups in total. The lowest BCUT2D eigenvalue weighted by atomic mass is 10.1. The number of carbonyl (C=O) groups excluding carboxylic acids is 2. The zero-order valence-corrected chi connectivity index (χ0v) is 17.3. The van der Waals surface area contributed by atoms with Crippen LogP contribution in [0.4, 0.5) is 5.82 Å². The number of aromatic nitrogens is 2. The number of carbonyl (C=O) groups is 2. The molecule has 9 heteroatoms. The predicted molar refractivity (Wildman–Crippen MR) is 117 cm³/mol. The minimum atomic E-state index is -0.330. The number of ether oxygens (including phenoxy) is 2. The molecule has 0 aliphatic carbocycles. The Morgan fingerprint density at radius 2 is 1.87 bits per heavy atom. The van der Waals surface area contributed by atoms with Gasteiger partial charge in [0.05, 0.1) is 21.1 Å². The molecule has 4 aromatic rings. The van der Waals surface area contributed by atoms with Crippen LogP contribution in [0.15, 0.2) is 54.6 Å². The number of anilines is 1. The van der Waals surface area contributed by atoms with Gasteiger partial charge in [0.25, 0.3) is 11.8 Å². The third-order valence-corrected chi connectivity index (χ3v) is 6.11. The van der Waals surface area contributed by atoms with Crippen molar-refractivity contribution in [2.75, 3.05) is 12.1 Å². The fraction of sp³-hybridized carbons (Fsp3) is 0.136. The summed E-state index contributed by atoms with van der Waals surface area (Å²) in [5.74, 6) is 1.00. The van der Waals surface area contributed by atoms with Crippen LogP contribution in [0.25, 0.3) is 10.2 Å². The second kappa shape index (κ2) is 7.77. The van der Waals surface area contributed by atoms with Crippen LogP contribution in [0, 0.1) is 0 Å². The van der Waals surface area contributed by atoms with E-state index in [1.807, 2.05) is 37.3 Å². The molecule has 0 spiro atoms. The standard InChI is InChI=1S/C22H18N4O4S/c1-12(13-5-3-2-4-6-13)23-22(28)18-10-15-19(31-18)20(26-25-15)24-21(27)14-7-8-16-17(9-14)30-11-29-16/h2-10,12H,11H2,1H3,(H,23,28)(H2,24,25,26,27)/t12-/m1/s1. The highest BCUT2D eigenvalue weighted by atomic mass is 32.1. The SMILES string of the molecule is C[C@@H](NC(=O)c1cc2[nH]nc(NC(=O)c3ccc4c(c3)OCO4)c2s1)c1ccccc1. The van der Waals surface area contributed by atoms with Gasteiger partial charge < -0.3 is 20.1 Å². The van der Waals surface area contributed by atoms with Crippen molar-refractivity contribution in [2.45, 2.75) is 13.0 Å². The van der Waals surface area contributed by atoms with E-state index in [0.717, 1.165) is 5.56 Å². The average molecular weight is 434 g/mol. The Bertz CT molecular complexity index is 1280. The van der Waals surface area contributed by atoms with E-state index in [1.54, 1.807) is 24.3 Å². The van der Waals surface area contributed by atoms with Gasteiger partial charge >= 0.3 is 0 Å². The Balaban J connectivity index is 1.32. The summed E-state index contributed by atoms with van der Waals surface area (Å²) in [6.07, 6.45) is 0. The van der Waals surface area contributed by atoms with Gasteiger partial charge in [0.2, 0.25) is 6.79 Å². The van der Waals surface area contributed by atoms with Crippen molar-refractivity contribution in [2.24, 2.45) is 0 Å². The van der Waals surface area contributed by atoms with Gasteiger partial charge in [0.15, 0.2) is 17.3 Å². The van der Waals surface area contributed by atoms with Crippen molar-refractivity contribution in [1.29, 1.82) is 0 Å². The summed E-state index contributed by atoms with van der Waals surface area (Å²) in [5.41, 5.74) is 2.13. The number of rotatable bonds is 5. The monoisotopic (exact) mass is 434 g/mol. The molecule has 1 atom stereocenters.